The highest BCUT2D eigenvalue weighted by Crippen LogP contribution is 2.14. The van der Waals surface area contributed by atoms with Crippen molar-refractivity contribution in [3.05, 3.63) is 194 Å². The van der Waals surface area contributed by atoms with Crippen molar-refractivity contribution in [2.75, 3.05) is 47.5 Å². The highest BCUT2D eigenvalue weighted by Gasteiger charge is 2.22. The molecule has 2 unspecified atom stereocenters. The number of esters is 2. The van der Waals surface area contributed by atoms with Crippen molar-refractivity contribution in [3.8, 4) is 0 Å². The van der Waals surface area contributed by atoms with Crippen molar-refractivity contribution < 1.29 is 42.9 Å². The molecule has 9 heteroatoms. The van der Waals surface area contributed by atoms with Gasteiger partial charge in [-0.1, -0.05) is 260 Å². The van der Waals surface area contributed by atoms with Crippen LogP contribution in [0.1, 0.15) is 219 Å². The van der Waals surface area contributed by atoms with E-state index in [2.05, 4.69) is 208 Å². The van der Waals surface area contributed by atoms with E-state index in [1.54, 1.807) is 0 Å². The van der Waals surface area contributed by atoms with Gasteiger partial charge in [-0.25, -0.2) is 0 Å². The summed E-state index contributed by atoms with van der Waals surface area (Å²) >= 11 is 0. The molecule has 9 nitrogen and oxygen atoms in total. The van der Waals surface area contributed by atoms with E-state index < -0.39 is 30.3 Å². The molecule has 486 valence electrons. The summed E-state index contributed by atoms with van der Waals surface area (Å²) in [5.41, 5.74) is 0. The molecule has 0 aromatic heterocycles. The molecule has 0 aromatic rings. The highest BCUT2D eigenvalue weighted by atomic mass is 16.7. The van der Waals surface area contributed by atoms with Gasteiger partial charge in [-0.2, -0.15) is 0 Å². The van der Waals surface area contributed by atoms with E-state index >= 15 is 0 Å². The maximum absolute atomic E-state index is 12.9. The average molecular weight is 1200 g/mol. The minimum absolute atomic E-state index is 0.129. The predicted octanol–water partition coefficient (Wildman–Crippen LogP) is 19.7. The summed E-state index contributed by atoms with van der Waals surface area (Å²) in [7, 11) is 5.90. The summed E-state index contributed by atoms with van der Waals surface area (Å²) in [4.78, 5) is 37.4. The number of carbonyl (C=O) groups is 3. The van der Waals surface area contributed by atoms with Gasteiger partial charge in [-0.05, 0) is 141 Å². The van der Waals surface area contributed by atoms with Crippen molar-refractivity contribution in [1.82, 2.24) is 0 Å². The first-order chi connectivity index (χ1) is 42.6. The molecule has 0 aromatic carbocycles. The summed E-state index contributed by atoms with van der Waals surface area (Å²) < 4.78 is 22.7. The number of quaternary nitrogens is 1. The maximum atomic E-state index is 12.9. The number of likely N-dealkylation sites (N-methyl/N-ethyl adjacent to an activating group) is 1. The number of hydrogen-bond donors (Lipinski definition) is 0. The largest absolute Gasteiger partial charge is 0.545 e. The van der Waals surface area contributed by atoms with Crippen molar-refractivity contribution in [1.29, 1.82) is 0 Å². The second kappa shape index (κ2) is 66.1. The number of aliphatic carboxylic acids is 1. The molecule has 0 saturated carbocycles. The standard InChI is InChI=1S/C78H121NO8/c1-6-8-10-12-14-16-18-20-22-24-26-28-30-32-33-34-35-36-37-38-39-40-41-42-43-45-47-49-51-53-55-57-59-61-63-65-67-69-76(81)87-74(73-86-78(77(82)83)84-71-70-79(3,4)5)72-85-75(80)68-66-64-62-60-58-56-54-52-50-48-46-44-31-29-27-25-23-21-19-17-15-13-11-9-7-2/h8-11,14-17,20-23,26-29,32-33,35-36,38-39,41-42,44-47,50,52,56,58,74,78H,6-7,12-13,18-19,24-25,30-31,34,37,40,43,48-49,51,53-55,57,59-73H2,1-5H3/b10-8-,11-9-,16-14-,17-15-,22-20-,23-21-,28-26-,29-27-,33-32-,36-35-,39-38-,42-41-,46-44-,47-45-,52-50-,58-56-. The minimum atomic E-state index is -1.65. The molecule has 0 spiro atoms. The summed E-state index contributed by atoms with van der Waals surface area (Å²) in [5, 5.41) is 11.8. The number of nitrogens with zero attached hydrogens (tertiary/aromatic N) is 1. The van der Waals surface area contributed by atoms with Gasteiger partial charge in [0, 0.05) is 12.8 Å². The second-order valence-electron chi connectivity index (χ2n) is 22.6. The van der Waals surface area contributed by atoms with Crippen LogP contribution in [0.15, 0.2) is 194 Å². The SMILES string of the molecule is CC/C=C\C/C=C\C/C=C\C/C=C\C/C=C\C/C=C\C/C=C\C/C=C\C/C=C\CCCCCCCCCCCC(=O)OC(COC(=O)CCCCC/C=C\C/C=C\C/C=C\C/C=C\C/C=C\C/C=C\C/C=C\CC)COC(OCC[N+](C)(C)C)C(=O)[O-]. The van der Waals surface area contributed by atoms with E-state index in [-0.39, 0.29) is 32.7 Å². The third-order valence-electron chi connectivity index (χ3n) is 13.3. The Hall–Kier alpha value is -5.87. The lowest BCUT2D eigenvalue weighted by atomic mass is 10.1. The number of rotatable bonds is 59. The zero-order valence-corrected chi connectivity index (χ0v) is 55.3. The number of unbranched alkanes of at least 4 members (excludes halogenated alkanes) is 12. The normalized spacial score (nSPS) is 14.0. The first-order valence-electron chi connectivity index (χ1n) is 33.6. The Morgan fingerprint density at radius 3 is 0.931 bits per heavy atom. The fourth-order valence-electron chi connectivity index (χ4n) is 8.27. The summed E-state index contributed by atoms with van der Waals surface area (Å²) in [6, 6.07) is 0. The average Bonchev–Trinajstić information content (AvgIpc) is 3.57. The van der Waals surface area contributed by atoms with Crippen molar-refractivity contribution in [3.63, 3.8) is 0 Å². The zero-order chi connectivity index (χ0) is 63.3. The zero-order valence-electron chi connectivity index (χ0n) is 55.3. The Kier molecular flexibility index (Phi) is 61.6. The van der Waals surface area contributed by atoms with Gasteiger partial charge >= 0.3 is 11.9 Å². The van der Waals surface area contributed by atoms with E-state index in [4.69, 9.17) is 18.9 Å². The number of carbonyl (C=O) groups excluding carboxylic acids is 3. The van der Waals surface area contributed by atoms with Crippen LogP contribution in [0.3, 0.4) is 0 Å². The summed E-state index contributed by atoms with van der Waals surface area (Å²) in [6.45, 7) is 4.44. The van der Waals surface area contributed by atoms with Crippen LogP contribution in [-0.2, 0) is 33.3 Å². The van der Waals surface area contributed by atoms with Gasteiger partial charge in [-0.3, -0.25) is 9.59 Å². The molecular formula is C78H121NO8. The lowest BCUT2D eigenvalue weighted by molar-refractivity contribution is -0.870. The number of carboxylic acid groups (broad SMARTS) is 1. The third kappa shape index (κ3) is 67.5. The molecular weight excluding hydrogens is 1080 g/mol. The molecule has 0 radical (unpaired) electrons. The Labute approximate surface area is 532 Å². The van der Waals surface area contributed by atoms with Crippen LogP contribution in [-0.4, -0.2) is 82.3 Å². The second-order valence-corrected chi connectivity index (χ2v) is 22.6. The van der Waals surface area contributed by atoms with Crippen LogP contribution >= 0.6 is 0 Å². The van der Waals surface area contributed by atoms with E-state index in [1.807, 2.05) is 21.1 Å². The molecule has 87 heavy (non-hydrogen) atoms. The van der Waals surface area contributed by atoms with Crippen molar-refractivity contribution >= 4 is 17.9 Å². The van der Waals surface area contributed by atoms with Crippen molar-refractivity contribution in [2.45, 2.75) is 232 Å². The molecule has 2 atom stereocenters. The van der Waals surface area contributed by atoms with Gasteiger partial charge < -0.3 is 33.3 Å². The molecule has 0 saturated heterocycles. The fraction of sp³-hybridized carbons (Fsp3) is 0.551. The van der Waals surface area contributed by atoms with Crippen LogP contribution < -0.4 is 5.11 Å². The lowest BCUT2D eigenvalue weighted by Crippen LogP contribution is -2.44. The smallest absolute Gasteiger partial charge is 0.306 e. The van der Waals surface area contributed by atoms with Gasteiger partial charge in [0.05, 0.1) is 40.3 Å². The van der Waals surface area contributed by atoms with E-state index in [0.717, 1.165) is 148 Å². The van der Waals surface area contributed by atoms with Crippen LogP contribution in [0, 0.1) is 0 Å². The van der Waals surface area contributed by atoms with Gasteiger partial charge in [0.25, 0.3) is 0 Å². The van der Waals surface area contributed by atoms with Crippen LogP contribution in [0.2, 0.25) is 0 Å². The van der Waals surface area contributed by atoms with E-state index in [1.165, 1.54) is 32.1 Å². The maximum Gasteiger partial charge on any atom is 0.306 e. The molecule has 0 rings (SSSR count). The Morgan fingerprint density at radius 2 is 0.621 bits per heavy atom. The monoisotopic (exact) mass is 1200 g/mol. The number of carboxylic acids is 1. The molecule has 0 aliphatic carbocycles. The Balaban J connectivity index is 4.28. The fourth-order valence-corrected chi connectivity index (χ4v) is 8.27. The predicted molar refractivity (Wildman–Crippen MR) is 370 cm³/mol. The molecule has 0 fully saturated rings. The Morgan fingerprint density at radius 1 is 0.345 bits per heavy atom. The van der Waals surface area contributed by atoms with Gasteiger partial charge in [-0.15, -0.1) is 0 Å². The summed E-state index contributed by atoms with van der Waals surface area (Å²) in [6.07, 6.45) is 99.2. The molecule has 0 aliphatic rings. The number of allylic oxidation sites excluding steroid dienone is 32. The van der Waals surface area contributed by atoms with Gasteiger partial charge in [0.15, 0.2) is 12.4 Å². The quantitative estimate of drug-likeness (QED) is 0.0195. The first-order valence-corrected chi connectivity index (χ1v) is 33.6. The molecule has 0 bridgehead atoms. The molecule has 0 amide bonds. The first kappa shape index (κ1) is 81.1. The van der Waals surface area contributed by atoms with Crippen LogP contribution in [0.5, 0.6) is 0 Å². The molecule has 0 heterocycles. The van der Waals surface area contributed by atoms with Gasteiger partial charge in [0.2, 0.25) is 0 Å². The van der Waals surface area contributed by atoms with Crippen LogP contribution in [0.4, 0.5) is 0 Å². The minimum Gasteiger partial charge on any atom is -0.545 e. The van der Waals surface area contributed by atoms with Crippen LogP contribution in [0.25, 0.3) is 0 Å². The third-order valence-corrected chi connectivity index (χ3v) is 13.3. The lowest BCUT2D eigenvalue weighted by Gasteiger charge is -2.26. The molecule has 0 N–H and O–H groups in total. The van der Waals surface area contributed by atoms with Gasteiger partial charge in [0.1, 0.15) is 13.2 Å². The van der Waals surface area contributed by atoms with Crippen molar-refractivity contribution in [2.24, 2.45) is 0 Å². The Bertz CT molecular complexity index is 2130. The molecule has 0 aliphatic heterocycles. The number of ether oxygens (including phenoxy) is 4. The van der Waals surface area contributed by atoms with E-state index in [9.17, 15) is 19.5 Å². The highest BCUT2D eigenvalue weighted by molar-refractivity contribution is 5.70. The summed E-state index contributed by atoms with van der Waals surface area (Å²) in [5.74, 6) is -2.36. The topological polar surface area (TPSA) is 111 Å². The van der Waals surface area contributed by atoms with E-state index in [0.29, 0.717) is 23.9 Å². The number of hydrogen-bond acceptors (Lipinski definition) is 8.